The highest BCUT2D eigenvalue weighted by Gasteiger charge is 2.43. The molecule has 0 saturated carbocycles. The molecule has 3 rings (SSSR count). The van der Waals surface area contributed by atoms with Crippen LogP contribution in [0.5, 0.6) is 0 Å². The molecule has 3 aromatic rings. The molecule has 0 N–H and O–H groups in total. The van der Waals surface area contributed by atoms with Crippen LogP contribution in [-0.2, 0) is 6.42 Å². The van der Waals surface area contributed by atoms with Gasteiger partial charge in [-0.25, -0.2) is 0 Å². The minimum atomic E-state index is -1.80. The van der Waals surface area contributed by atoms with E-state index in [-0.39, 0.29) is 0 Å². The Labute approximate surface area is 191 Å². The maximum absolute atomic E-state index is 4.24. The van der Waals surface area contributed by atoms with Crippen LogP contribution >= 0.6 is 21.5 Å². The van der Waals surface area contributed by atoms with Crippen molar-refractivity contribution in [3.05, 3.63) is 103 Å². The maximum atomic E-state index is 4.24. The Bertz CT molecular complexity index is 845. The molecule has 0 nitrogen and oxygen atoms in total. The van der Waals surface area contributed by atoms with Crippen molar-refractivity contribution < 1.29 is 0 Å². The Morgan fingerprint density at radius 3 is 1.67 bits per heavy atom. The molecule has 0 amide bonds. The number of allylic oxidation sites excluding steroid dienone is 2. The quantitative estimate of drug-likeness (QED) is 0.150. The number of aryl methyl sites for hydroxylation is 1. The highest BCUT2D eigenvalue weighted by molar-refractivity contribution is 9.44. The van der Waals surface area contributed by atoms with Gasteiger partial charge in [-0.2, -0.15) is 0 Å². The lowest BCUT2D eigenvalue weighted by atomic mass is 10.1. The summed E-state index contributed by atoms with van der Waals surface area (Å²) in [6.45, 7) is 2.26. The van der Waals surface area contributed by atoms with Gasteiger partial charge in [0.05, 0.1) is 0 Å². The summed E-state index contributed by atoms with van der Waals surface area (Å²) in [7, 11) is 0. The normalized spacial score (nSPS) is 11.8. The summed E-state index contributed by atoms with van der Waals surface area (Å²) in [5, 5.41) is 4.09. The summed E-state index contributed by atoms with van der Waals surface area (Å²) in [5.41, 5.74) is 1.43. The van der Waals surface area contributed by atoms with Gasteiger partial charge in [-0.1, -0.05) is 80.4 Å². The molecule has 156 valence electrons. The van der Waals surface area contributed by atoms with Crippen molar-refractivity contribution in [2.75, 3.05) is 0 Å². The zero-order chi connectivity index (χ0) is 21.1. The summed E-state index contributed by atoms with van der Waals surface area (Å²) in [6.07, 6.45) is 13.5. The zero-order valence-electron chi connectivity index (χ0n) is 18.0. The summed E-state index contributed by atoms with van der Waals surface area (Å²) in [5.74, 6) is -1.80. The molecule has 0 aliphatic carbocycles. The summed E-state index contributed by atoms with van der Waals surface area (Å²) in [4.78, 5) is 0. The van der Waals surface area contributed by atoms with E-state index in [1.807, 2.05) is 0 Å². The van der Waals surface area contributed by atoms with Crippen LogP contribution in [0.4, 0.5) is 0 Å². The zero-order valence-corrected chi connectivity index (χ0v) is 20.5. The van der Waals surface area contributed by atoms with Crippen molar-refractivity contribution in [3.8, 4) is 0 Å². The first kappa shape index (κ1) is 23.0. The van der Waals surface area contributed by atoms with Crippen molar-refractivity contribution in [2.24, 2.45) is 0 Å². The van der Waals surface area contributed by atoms with Crippen LogP contribution in [0.3, 0.4) is 0 Å². The Balaban J connectivity index is 1.68. The third kappa shape index (κ3) is 6.16. The van der Waals surface area contributed by atoms with Crippen LogP contribution in [0.25, 0.3) is 0 Å². The fraction of sp³-hybridized carbons (Fsp3) is 0.286. The standard InChI is InChI=1S/C28H33BrP/c1-2-3-4-5-6-7-8-11-16-25-21-23-28(24-22-25)30(29,26-17-12-9-13-18-26)27-19-14-10-15-20-27/h6-7,9-10,12-15,17-24H,2-5,8,11,16H2,1H3/q+1/b7-6-. The van der Waals surface area contributed by atoms with Gasteiger partial charge >= 0.3 is 0 Å². The molecule has 0 bridgehead atoms. The third-order valence-electron chi connectivity index (χ3n) is 5.49. The van der Waals surface area contributed by atoms with Crippen LogP contribution in [0.15, 0.2) is 97.1 Å². The summed E-state index contributed by atoms with van der Waals surface area (Å²) < 4.78 is 0. The number of hydrogen-bond donors (Lipinski definition) is 0. The lowest BCUT2D eigenvalue weighted by Crippen LogP contribution is -2.26. The topological polar surface area (TPSA) is 0 Å². The van der Waals surface area contributed by atoms with Crippen LogP contribution in [-0.4, -0.2) is 0 Å². The molecule has 0 unspecified atom stereocenters. The first-order valence-corrected chi connectivity index (χ1v) is 15.0. The van der Waals surface area contributed by atoms with E-state index < -0.39 is 5.96 Å². The maximum Gasteiger partial charge on any atom is 0.181 e. The van der Waals surface area contributed by atoms with Gasteiger partial charge in [0.15, 0.2) is 21.5 Å². The first-order chi connectivity index (χ1) is 14.7. The molecule has 0 aliphatic heterocycles. The number of benzene rings is 3. The third-order valence-corrected chi connectivity index (χ3v) is 12.2. The Kier molecular flexibility index (Phi) is 9.37. The highest BCUT2D eigenvalue weighted by Crippen LogP contribution is 2.62. The molecule has 0 saturated heterocycles. The van der Waals surface area contributed by atoms with Crippen molar-refractivity contribution in [1.29, 1.82) is 0 Å². The average Bonchev–Trinajstić information content (AvgIpc) is 2.82. The van der Waals surface area contributed by atoms with Crippen LogP contribution in [0.1, 0.15) is 51.0 Å². The second-order valence-corrected chi connectivity index (χ2v) is 13.7. The minimum Gasteiger partial charge on any atom is -0.0885 e. The van der Waals surface area contributed by atoms with E-state index in [9.17, 15) is 0 Å². The van der Waals surface area contributed by atoms with Crippen molar-refractivity contribution >= 4 is 37.4 Å². The second-order valence-electron chi connectivity index (χ2n) is 7.79. The van der Waals surface area contributed by atoms with Gasteiger partial charge in [0.1, 0.15) is 15.9 Å². The molecule has 0 fully saturated rings. The molecule has 2 heteroatoms. The van der Waals surface area contributed by atoms with Crippen molar-refractivity contribution in [1.82, 2.24) is 0 Å². The van der Waals surface area contributed by atoms with Gasteiger partial charge < -0.3 is 0 Å². The van der Waals surface area contributed by atoms with Gasteiger partial charge in [0.2, 0.25) is 0 Å². The van der Waals surface area contributed by atoms with E-state index in [0.717, 1.165) is 6.42 Å². The minimum absolute atomic E-state index is 1.14. The largest absolute Gasteiger partial charge is 0.181 e. The predicted octanol–water partition coefficient (Wildman–Crippen LogP) is 7.75. The molecule has 3 aromatic carbocycles. The highest BCUT2D eigenvalue weighted by atomic mass is 79.9. The van der Waals surface area contributed by atoms with Crippen molar-refractivity contribution in [3.63, 3.8) is 0 Å². The molecule has 30 heavy (non-hydrogen) atoms. The van der Waals surface area contributed by atoms with E-state index in [2.05, 4.69) is 119 Å². The molecule has 0 spiro atoms. The number of rotatable bonds is 11. The predicted molar refractivity (Wildman–Crippen MR) is 140 cm³/mol. The smallest absolute Gasteiger partial charge is 0.0885 e. The molecular formula is C28H33BrP+. The van der Waals surface area contributed by atoms with Crippen molar-refractivity contribution in [2.45, 2.75) is 51.9 Å². The Morgan fingerprint density at radius 1 is 0.633 bits per heavy atom. The Morgan fingerprint density at radius 2 is 1.13 bits per heavy atom. The van der Waals surface area contributed by atoms with Gasteiger partial charge in [0, 0.05) is 0 Å². The fourth-order valence-electron chi connectivity index (χ4n) is 3.75. The monoisotopic (exact) mass is 479 g/mol. The van der Waals surface area contributed by atoms with Crippen LogP contribution in [0, 0.1) is 0 Å². The van der Waals surface area contributed by atoms with E-state index >= 15 is 0 Å². The van der Waals surface area contributed by atoms with Gasteiger partial charge in [-0.3, -0.25) is 0 Å². The van der Waals surface area contributed by atoms with E-state index in [1.54, 1.807) is 0 Å². The SMILES string of the molecule is CCCCC/C=C\CCCc1ccc([P+](Br)(c2ccccc2)c2ccccc2)cc1. The van der Waals surface area contributed by atoms with Crippen LogP contribution < -0.4 is 15.9 Å². The molecule has 0 aliphatic rings. The molecule has 0 heterocycles. The second kappa shape index (κ2) is 12.2. The van der Waals surface area contributed by atoms with Crippen LogP contribution in [0.2, 0.25) is 0 Å². The average molecular weight is 480 g/mol. The molecular weight excluding hydrogens is 447 g/mol. The fourth-order valence-corrected chi connectivity index (χ4v) is 8.50. The Hall–Kier alpha value is -1.69. The number of hydrogen-bond acceptors (Lipinski definition) is 0. The lowest BCUT2D eigenvalue weighted by Gasteiger charge is -2.20. The molecule has 0 atom stereocenters. The number of unbranched alkanes of at least 4 members (excludes halogenated alkanes) is 4. The first-order valence-electron chi connectivity index (χ1n) is 11.2. The summed E-state index contributed by atoms with van der Waals surface area (Å²) >= 11 is 4.24. The van der Waals surface area contributed by atoms with Gasteiger partial charge in [0.25, 0.3) is 0 Å². The van der Waals surface area contributed by atoms with E-state index in [1.165, 1.54) is 60.0 Å². The molecule has 0 radical (unpaired) electrons. The van der Waals surface area contributed by atoms with Gasteiger partial charge in [-0.15, -0.1) is 0 Å². The number of halogens is 1. The summed E-state index contributed by atoms with van der Waals surface area (Å²) in [6, 6.07) is 31.0. The lowest BCUT2D eigenvalue weighted by molar-refractivity contribution is 0.726. The molecule has 0 aromatic heterocycles. The van der Waals surface area contributed by atoms with E-state index in [4.69, 9.17) is 0 Å². The van der Waals surface area contributed by atoms with E-state index in [0.29, 0.717) is 0 Å². The van der Waals surface area contributed by atoms with Gasteiger partial charge in [-0.05, 0) is 74.1 Å².